The van der Waals surface area contributed by atoms with E-state index in [4.69, 9.17) is 10.5 Å². The van der Waals surface area contributed by atoms with E-state index in [1.807, 2.05) is 40.9 Å². The molecule has 4 nitrogen and oxygen atoms in total. The monoisotopic (exact) mass is 270 g/mol. The molecule has 0 amide bonds. The summed E-state index contributed by atoms with van der Waals surface area (Å²) in [7, 11) is 0. The van der Waals surface area contributed by atoms with Gasteiger partial charge >= 0.3 is 0 Å². The second kappa shape index (κ2) is 5.32. The minimum absolute atomic E-state index is 0.600. The lowest BCUT2D eigenvalue weighted by Gasteiger charge is -1.92. The van der Waals surface area contributed by atoms with Gasteiger partial charge in [-0.1, -0.05) is 18.2 Å². The number of benzene rings is 1. The number of pyridine rings is 1. The van der Waals surface area contributed by atoms with E-state index in [1.54, 1.807) is 24.4 Å². The highest BCUT2D eigenvalue weighted by molar-refractivity contribution is 5.69. The van der Waals surface area contributed by atoms with Crippen LogP contribution in [0.2, 0.25) is 0 Å². The summed E-state index contributed by atoms with van der Waals surface area (Å²) in [4.78, 5) is 4.45. The van der Waals surface area contributed by atoms with Crippen LogP contribution in [0.25, 0.3) is 17.8 Å². The lowest BCUT2D eigenvalue weighted by molar-refractivity contribution is 1.17. The van der Waals surface area contributed by atoms with Gasteiger partial charge in [0.1, 0.15) is 11.7 Å². The van der Waals surface area contributed by atoms with Gasteiger partial charge in [0.05, 0.1) is 22.9 Å². The highest BCUT2D eigenvalue weighted by atomic mass is 15.0. The first-order valence-corrected chi connectivity index (χ1v) is 6.35. The standard InChI is InChI=1S/C17H10N4/c18-9-14-3-1-13(2-4-14)5-7-16-12-21-11-15(10-19)6-8-17(21)20-16/h1-8,11-12H/b7-5+. The number of hydrogen-bond acceptors (Lipinski definition) is 3. The molecule has 0 aliphatic carbocycles. The van der Waals surface area contributed by atoms with Crippen molar-refractivity contribution in [1.82, 2.24) is 9.38 Å². The Balaban J connectivity index is 1.88. The quantitative estimate of drug-likeness (QED) is 0.718. The molecule has 0 aliphatic rings. The third kappa shape index (κ3) is 2.65. The molecule has 3 aromatic rings. The summed E-state index contributed by atoms with van der Waals surface area (Å²) in [5.41, 5.74) is 3.86. The summed E-state index contributed by atoms with van der Waals surface area (Å²) < 4.78 is 1.83. The van der Waals surface area contributed by atoms with Crippen LogP contribution in [0, 0.1) is 22.7 Å². The normalized spacial score (nSPS) is 10.6. The Bertz CT molecular complexity index is 903. The van der Waals surface area contributed by atoms with Crippen LogP contribution in [0.3, 0.4) is 0 Å². The van der Waals surface area contributed by atoms with E-state index in [-0.39, 0.29) is 0 Å². The van der Waals surface area contributed by atoms with E-state index in [9.17, 15) is 0 Å². The first-order chi connectivity index (χ1) is 10.3. The van der Waals surface area contributed by atoms with Gasteiger partial charge in [0.15, 0.2) is 0 Å². The second-order valence-corrected chi connectivity index (χ2v) is 4.53. The van der Waals surface area contributed by atoms with Gasteiger partial charge in [-0.05, 0) is 35.9 Å². The summed E-state index contributed by atoms with van der Waals surface area (Å²) in [5, 5.41) is 17.6. The molecule has 4 heteroatoms. The molecule has 0 fully saturated rings. The fourth-order valence-corrected chi connectivity index (χ4v) is 2.01. The number of rotatable bonds is 2. The SMILES string of the molecule is N#Cc1ccc(/C=C/c2cn3cc(C#N)ccc3n2)cc1. The molecule has 0 bridgehead atoms. The minimum atomic E-state index is 0.600. The van der Waals surface area contributed by atoms with Crippen molar-refractivity contribution in [3.05, 3.63) is 71.2 Å². The van der Waals surface area contributed by atoms with E-state index in [0.717, 1.165) is 16.9 Å². The Morgan fingerprint density at radius 1 is 0.857 bits per heavy atom. The van der Waals surface area contributed by atoms with Crippen molar-refractivity contribution in [2.75, 3.05) is 0 Å². The van der Waals surface area contributed by atoms with Gasteiger partial charge in [-0.3, -0.25) is 0 Å². The zero-order valence-corrected chi connectivity index (χ0v) is 11.1. The number of hydrogen-bond donors (Lipinski definition) is 0. The van der Waals surface area contributed by atoms with Crippen molar-refractivity contribution in [1.29, 1.82) is 10.5 Å². The van der Waals surface area contributed by atoms with Gasteiger partial charge < -0.3 is 4.40 Å². The predicted molar refractivity (Wildman–Crippen MR) is 80.0 cm³/mol. The lowest BCUT2D eigenvalue weighted by Crippen LogP contribution is -1.83. The molecular weight excluding hydrogens is 260 g/mol. The van der Waals surface area contributed by atoms with Crippen molar-refractivity contribution in [3.8, 4) is 12.1 Å². The fraction of sp³-hybridized carbons (Fsp3) is 0. The van der Waals surface area contributed by atoms with E-state index >= 15 is 0 Å². The van der Waals surface area contributed by atoms with Crippen LogP contribution in [0.15, 0.2) is 48.8 Å². The third-order valence-electron chi connectivity index (χ3n) is 3.09. The fourth-order valence-electron chi connectivity index (χ4n) is 2.01. The van der Waals surface area contributed by atoms with E-state index in [1.165, 1.54) is 0 Å². The third-order valence-corrected chi connectivity index (χ3v) is 3.09. The lowest BCUT2D eigenvalue weighted by atomic mass is 10.1. The molecule has 0 N–H and O–H groups in total. The maximum Gasteiger partial charge on any atom is 0.137 e. The molecule has 0 saturated carbocycles. The molecule has 0 aliphatic heterocycles. The Hall–Kier alpha value is -3.37. The van der Waals surface area contributed by atoms with Crippen molar-refractivity contribution in [2.24, 2.45) is 0 Å². The van der Waals surface area contributed by atoms with E-state index < -0.39 is 0 Å². The number of nitrogens with zero attached hydrogens (tertiary/aromatic N) is 4. The number of imidazole rings is 1. The largest absolute Gasteiger partial charge is 0.305 e. The zero-order valence-electron chi connectivity index (χ0n) is 11.1. The van der Waals surface area contributed by atoms with Crippen molar-refractivity contribution >= 4 is 17.8 Å². The highest BCUT2D eigenvalue weighted by Gasteiger charge is 1.99. The molecule has 0 radical (unpaired) electrons. The van der Waals surface area contributed by atoms with Gasteiger partial charge in [0.25, 0.3) is 0 Å². The van der Waals surface area contributed by atoms with Crippen molar-refractivity contribution < 1.29 is 0 Å². The Morgan fingerprint density at radius 2 is 1.57 bits per heavy atom. The molecule has 0 atom stereocenters. The van der Waals surface area contributed by atoms with E-state index in [0.29, 0.717) is 11.1 Å². The summed E-state index contributed by atoms with van der Waals surface area (Å²) in [5.74, 6) is 0. The maximum absolute atomic E-state index is 8.88. The van der Waals surface area contributed by atoms with Crippen LogP contribution >= 0.6 is 0 Å². The highest BCUT2D eigenvalue weighted by Crippen LogP contribution is 2.11. The Labute approximate surface area is 121 Å². The van der Waals surface area contributed by atoms with Crippen LogP contribution in [0.1, 0.15) is 22.4 Å². The Morgan fingerprint density at radius 3 is 2.29 bits per heavy atom. The molecule has 2 heterocycles. The van der Waals surface area contributed by atoms with Gasteiger partial charge in [0, 0.05) is 12.4 Å². The first kappa shape index (κ1) is 12.7. The Kier molecular flexibility index (Phi) is 3.21. The molecule has 2 aromatic heterocycles. The zero-order chi connectivity index (χ0) is 14.7. The minimum Gasteiger partial charge on any atom is -0.305 e. The molecule has 0 unspecified atom stereocenters. The van der Waals surface area contributed by atoms with Crippen LogP contribution in [0.5, 0.6) is 0 Å². The van der Waals surface area contributed by atoms with Crippen molar-refractivity contribution in [3.63, 3.8) is 0 Å². The van der Waals surface area contributed by atoms with Crippen molar-refractivity contribution in [2.45, 2.75) is 0 Å². The predicted octanol–water partition coefficient (Wildman–Crippen LogP) is 3.25. The smallest absolute Gasteiger partial charge is 0.137 e. The summed E-state index contributed by atoms with van der Waals surface area (Å²) in [6, 6.07) is 15.1. The van der Waals surface area contributed by atoms with Crippen LogP contribution in [-0.4, -0.2) is 9.38 Å². The van der Waals surface area contributed by atoms with Gasteiger partial charge in [-0.2, -0.15) is 10.5 Å². The topological polar surface area (TPSA) is 64.9 Å². The molecule has 3 rings (SSSR count). The molecule has 0 spiro atoms. The average Bonchev–Trinajstić information content (AvgIpc) is 2.95. The second-order valence-electron chi connectivity index (χ2n) is 4.53. The van der Waals surface area contributed by atoms with Gasteiger partial charge in [0.2, 0.25) is 0 Å². The first-order valence-electron chi connectivity index (χ1n) is 6.35. The van der Waals surface area contributed by atoms with Crippen LogP contribution in [-0.2, 0) is 0 Å². The molecule has 0 saturated heterocycles. The van der Waals surface area contributed by atoms with Gasteiger partial charge in [-0.25, -0.2) is 4.98 Å². The molecule has 1 aromatic carbocycles. The summed E-state index contributed by atoms with van der Waals surface area (Å²) >= 11 is 0. The van der Waals surface area contributed by atoms with Gasteiger partial charge in [-0.15, -0.1) is 0 Å². The number of fused-ring (bicyclic) bond motifs is 1. The number of nitriles is 2. The van der Waals surface area contributed by atoms with Crippen LogP contribution in [0.4, 0.5) is 0 Å². The average molecular weight is 270 g/mol. The summed E-state index contributed by atoms with van der Waals surface area (Å²) in [6.45, 7) is 0. The number of aromatic nitrogens is 2. The molecule has 98 valence electrons. The summed E-state index contributed by atoms with van der Waals surface area (Å²) in [6.07, 6.45) is 7.46. The molecule has 21 heavy (non-hydrogen) atoms. The van der Waals surface area contributed by atoms with E-state index in [2.05, 4.69) is 17.1 Å². The molecular formula is C17H10N4. The van der Waals surface area contributed by atoms with Crippen LogP contribution < -0.4 is 0 Å². The maximum atomic E-state index is 8.88.